The van der Waals surface area contributed by atoms with Crippen LogP contribution in [-0.4, -0.2) is 32.5 Å². The lowest BCUT2D eigenvalue weighted by Gasteiger charge is -2.29. The predicted molar refractivity (Wildman–Crippen MR) is 121 cm³/mol. The molecule has 0 aliphatic carbocycles. The van der Waals surface area contributed by atoms with Crippen molar-refractivity contribution in [3.05, 3.63) is 82.0 Å². The van der Waals surface area contributed by atoms with E-state index in [1.54, 1.807) is 19.3 Å². The molecule has 0 saturated carbocycles. The van der Waals surface area contributed by atoms with E-state index in [-0.39, 0.29) is 6.04 Å². The summed E-state index contributed by atoms with van der Waals surface area (Å²) in [5, 5.41) is 4.67. The highest BCUT2D eigenvalue weighted by atomic mass is 35.5. The molecular formula is C22H22Cl2N4O. The molecule has 5 nitrogen and oxygen atoms in total. The Morgan fingerprint density at radius 2 is 1.55 bits per heavy atom. The summed E-state index contributed by atoms with van der Waals surface area (Å²) in [6.07, 6.45) is 2.50. The van der Waals surface area contributed by atoms with Crippen LogP contribution in [-0.2, 0) is 4.79 Å². The Hall–Kier alpha value is -2.76. The zero-order chi connectivity index (χ0) is 21.0. The average Bonchev–Trinajstić information content (AvgIpc) is 2.72. The van der Waals surface area contributed by atoms with Crippen LogP contribution >= 0.6 is 23.2 Å². The van der Waals surface area contributed by atoms with E-state index in [1.807, 2.05) is 67.5 Å². The van der Waals surface area contributed by atoms with Gasteiger partial charge in [-0.05, 0) is 48.5 Å². The largest absolute Gasteiger partial charge is 0.377 e. The lowest BCUT2D eigenvalue weighted by molar-refractivity contribution is -0.107. The Bertz CT molecular complexity index is 995. The summed E-state index contributed by atoms with van der Waals surface area (Å²) in [4.78, 5) is 19.5. The Labute approximate surface area is 180 Å². The molecule has 7 heteroatoms. The third-order valence-electron chi connectivity index (χ3n) is 4.58. The van der Waals surface area contributed by atoms with Crippen LogP contribution in [0.3, 0.4) is 0 Å². The Balaban J connectivity index is 2.25. The number of benzene rings is 2. The van der Waals surface area contributed by atoms with Gasteiger partial charge in [0.2, 0.25) is 6.41 Å². The van der Waals surface area contributed by atoms with E-state index in [9.17, 15) is 4.79 Å². The summed E-state index contributed by atoms with van der Waals surface area (Å²) >= 11 is 12.7. The first-order chi connectivity index (χ1) is 13.9. The van der Waals surface area contributed by atoms with Gasteiger partial charge < -0.3 is 15.1 Å². The van der Waals surface area contributed by atoms with Crippen LogP contribution < -0.4 is 15.1 Å². The van der Waals surface area contributed by atoms with Gasteiger partial charge in [-0.15, -0.1) is 0 Å². The minimum absolute atomic E-state index is 0.350. The molecule has 0 saturated heterocycles. The standard InChI is InChI=1S/C22H22Cl2N4O/c1-27(2)19-9-7-15(23)12-17(19)22(26-21-6-4-5-11-25-21)18-13-16(24)8-10-20(18)28(3)14-29/h4-14,22H,1-3H3,(H,25,26)/t22-/m0/s1. The van der Waals surface area contributed by atoms with Gasteiger partial charge in [0.15, 0.2) is 0 Å². The Kier molecular flexibility index (Phi) is 6.62. The molecule has 3 rings (SSSR count). The van der Waals surface area contributed by atoms with Crippen LogP contribution in [0.15, 0.2) is 60.8 Å². The molecule has 1 N–H and O–H groups in total. The fraction of sp³-hybridized carbons (Fsp3) is 0.182. The van der Waals surface area contributed by atoms with E-state index >= 15 is 0 Å². The maximum absolute atomic E-state index is 11.5. The molecule has 150 valence electrons. The summed E-state index contributed by atoms with van der Waals surface area (Å²) in [6, 6.07) is 16.5. The molecular weight excluding hydrogens is 407 g/mol. The minimum atomic E-state index is -0.350. The van der Waals surface area contributed by atoms with Gasteiger partial charge in [-0.1, -0.05) is 29.3 Å². The molecule has 0 fully saturated rings. The summed E-state index contributed by atoms with van der Waals surface area (Å²) in [5.41, 5.74) is 3.50. The summed E-state index contributed by atoms with van der Waals surface area (Å²) < 4.78 is 0. The highest BCUT2D eigenvalue weighted by Crippen LogP contribution is 2.39. The number of aromatic nitrogens is 1. The number of rotatable bonds is 7. The topological polar surface area (TPSA) is 48.5 Å². The molecule has 1 heterocycles. The van der Waals surface area contributed by atoms with Gasteiger partial charge in [0.1, 0.15) is 5.82 Å². The smallest absolute Gasteiger partial charge is 0.213 e. The number of nitrogens with zero attached hydrogens (tertiary/aromatic N) is 3. The lowest BCUT2D eigenvalue weighted by Crippen LogP contribution is -2.22. The van der Waals surface area contributed by atoms with Gasteiger partial charge in [0.25, 0.3) is 0 Å². The molecule has 0 bridgehead atoms. The van der Waals surface area contributed by atoms with Gasteiger partial charge in [-0.3, -0.25) is 4.79 Å². The summed E-state index contributed by atoms with van der Waals surface area (Å²) in [5.74, 6) is 0.696. The number of carbonyl (C=O) groups is 1. The molecule has 29 heavy (non-hydrogen) atoms. The van der Waals surface area contributed by atoms with Crippen LogP contribution in [0.25, 0.3) is 0 Å². The first-order valence-corrected chi connectivity index (χ1v) is 9.78. The van der Waals surface area contributed by atoms with E-state index < -0.39 is 0 Å². The molecule has 2 aromatic carbocycles. The zero-order valence-electron chi connectivity index (χ0n) is 16.4. The van der Waals surface area contributed by atoms with Crippen molar-refractivity contribution in [2.45, 2.75) is 6.04 Å². The number of hydrogen-bond donors (Lipinski definition) is 1. The Morgan fingerprint density at radius 3 is 2.10 bits per heavy atom. The minimum Gasteiger partial charge on any atom is -0.377 e. The highest BCUT2D eigenvalue weighted by molar-refractivity contribution is 6.31. The quantitative estimate of drug-likeness (QED) is 0.522. The molecule has 1 atom stereocenters. The maximum atomic E-state index is 11.5. The highest BCUT2D eigenvalue weighted by Gasteiger charge is 2.24. The second-order valence-corrected chi connectivity index (χ2v) is 7.68. The Morgan fingerprint density at radius 1 is 0.931 bits per heavy atom. The average molecular weight is 429 g/mol. The van der Waals surface area contributed by atoms with Crippen molar-refractivity contribution in [2.24, 2.45) is 0 Å². The van der Waals surface area contributed by atoms with E-state index in [2.05, 4.69) is 10.3 Å². The third kappa shape index (κ3) is 4.81. The van der Waals surface area contributed by atoms with Crippen LogP contribution in [0.2, 0.25) is 10.0 Å². The maximum Gasteiger partial charge on any atom is 0.213 e. The monoisotopic (exact) mass is 428 g/mol. The normalized spacial score (nSPS) is 11.6. The first kappa shape index (κ1) is 21.0. The van der Waals surface area contributed by atoms with Crippen molar-refractivity contribution in [1.82, 2.24) is 4.98 Å². The number of pyridine rings is 1. The zero-order valence-corrected chi connectivity index (χ0v) is 17.9. The summed E-state index contributed by atoms with van der Waals surface area (Å²) in [6.45, 7) is 0. The molecule has 1 aromatic heterocycles. The number of amides is 1. The van der Waals surface area contributed by atoms with Crippen molar-refractivity contribution < 1.29 is 4.79 Å². The number of anilines is 3. The van der Waals surface area contributed by atoms with Gasteiger partial charge in [-0.25, -0.2) is 4.98 Å². The third-order valence-corrected chi connectivity index (χ3v) is 5.05. The second-order valence-electron chi connectivity index (χ2n) is 6.81. The lowest BCUT2D eigenvalue weighted by atomic mass is 9.94. The van der Waals surface area contributed by atoms with Crippen LogP contribution in [0.4, 0.5) is 17.2 Å². The van der Waals surface area contributed by atoms with Crippen LogP contribution in [0.1, 0.15) is 17.2 Å². The van der Waals surface area contributed by atoms with Crippen molar-refractivity contribution in [2.75, 3.05) is 36.3 Å². The number of nitrogens with one attached hydrogen (secondary N) is 1. The molecule has 0 aliphatic rings. The van der Waals surface area contributed by atoms with Crippen molar-refractivity contribution >= 4 is 46.8 Å². The molecule has 1 amide bonds. The summed E-state index contributed by atoms with van der Waals surface area (Å²) in [7, 11) is 5.66. The first-order valence-electron chi connectivity index (χ1n) is 9.02. The SMILES string of the molecule is CN(C)c1ccc(Cl)cc1[C@H](Nc1ccccn1)c1cc(Cl)ccc1N(C)C=O. The van der Waals surface area contributed by atoms with E-state index in [0.717, 1.165) is 28.9 Å². The van der Waals surface area contributed by atoms with Gasteiger partial charge in [0.05, 0.1) is 6.04 Å². The van der Waals surface area contributed by atoms with Gasteiger partial charge in [-0.2, -0.15) is 0 Å². The predicted octanol–water partition coefficient (Wildman–Crippen LogP) is 5.25. The molecule has 0 unspecified atom stereocenters. The van der Waals surface area contributed by atoms with E-state index in [1.165, 1.54) is 4.90 Å². The van der Waals surface area contributed by atoms with Crippen molar-refractivity contribution in [1.29, 1.82) is 0 Å². The second kappa shape index (κ2) is 9.16. The molecule has 0 aliphatic heterocycles. The van der Waals surface area contributed by atoms with Crippen molar-refractivity contribution in [3.8, 4) is 0 Å². The molecule has 3 aromatic rings. The van der Waals surface area contributed by atoms with Crippen molar-refractivity contribution in [3.63, 3.8) is 0 Å². The van der Waals surface area contributed by atoms with Gasteiger partial charge in [0, 0.05) is 59.9 Å². The van der Waals surface area contributed by atoms with Gasteiger partial charge >= 0.3 is 0 Å². The fourth-order valence-electron chi connectivity index (χ4n) is 3.22. The number of halogens is 2. The van der Waals surface area contributed by atoms with E-state index in [4.69, 9.17) is 23.2 Å². The molecule has 0 radical (unpaired) electrons. The van der Waals surface area contributed by atoms with Crippen LogP contribution in [0, 0.1) is 0 Å². The van der Waals surface area contributed by atoms with E-state index in [0.29, 0.717) is 15.9 Å². The number of hydrogen-bond acceptors (Lipinski definition) is 4. The molecule has 0 spiro atoms. The fourth-order valence-corrected chi connectivity index (χ4v) is 3.58. The van der Waals surface area contributed by atoms with Crippen LogP contribution in [0.5, 0.6) is 0 Å². The number of carbonyl (C=O) groups excluding carboxylic acids is 1.